The fourth-order valence-electron chi connectivity index (χ4n) is 4.72. The Morgan fingerprint density at radius 1 is 1.14 bits per heavy atom. The standard InChI is InChI=1S/C22H30N2O4/c1-12(2)22(13(3)4)11-27-21(26)24(22)20(25)18-10-17(23-28-18)19-15(6)8-14(5)9-16(19)7/h8-9,12-13,18H,10-11H2,1-7H3. The number of nitrogens with zero attached hydrogens (tertiary/aromatic N) is 2. The predicted molar refractivity (Wildman–Crippen MR) is 107 cm³/mol. The molecule has 6 heteroatoms. The molecule has 1 unspecified atom stereocenters. The average molecular weight is 386 g/mol. The number of cyclic esters (lactones) is 1. The molecule has 0 N–H and O–H groups in total. The molecular formula is C22H30N2O4. The third kappa shape index (κ3) is 3.09. The Balaban J connectivity index is 1.87. The highest BCUT2D eigenvalue weighted by molar-refractivity contribution is 6.07. The number of aryl methyl sites for hydroxylation is 3. The summed E-state index contributed by atoms with van der Waals surface area (Å²) >= 11 is 0. The quantitative estimate of drug-likeness (QED) is 0.780. The number of carbonyl (C=O) groups is 2. The van der Waals surface area contributed by atoms with E-state index in [0.29, 0.717) is 6.42 Å². The first kappa shape index (κ1) is 20.4. The van der Waals surface area contributed by atoms with E-state index in [-0.39, 0.29) is 24.3 Å². The maximum atomic E-state index is 13.3. The lowest BCUT2D eigenvalue weighted by molar-refractivity contribution is -0.145. The van der Waals surface area contributed by atoms with Gasteiger partial charge in [0.25, 0.3) is 5.91 Å². The molecule has 3 rings (SSSR count). The summed E-state index contributed by atoms with van der Waals surface area (Å²) in [5.74, 6) is -0.247. The molecule has 152 valence electrons. The molecule has 0 aromatic heterocycles. The van der Waals surface area contributed by atoms with Crippen molar-refractivity contribution in [2.75, 3.05) is 6.61 Å². The molecule has 0 spiro atoms. The van der Waals surface area contributed by atoms with Crippen molar-refractivity contribution >= 4 is 17.7 Å². The average Bonchev–Trinajstić information content (AvgIpc) is 3.18. The van der Waals surface area contributed by atoms with Crippen LogP contribution in [0.15, 0.2) is 17.3 Å². The highest BCUT2D eigenvalue weighted by atomic mass is 16.6. The van der Waals surface area contributed by atoms with Gasteiger partial charge in [0.2, 0.25) is 6.10 Å². The van der Waals surface area contributed by atoms with Crippen LogP contribution in [0.5, 0.6) is 0 Å². The lowest BCUT2D eigenvalue weighted by Gasteiger charge is -2.41. The minimum Gasteiger partial charge on any atom is -0.447 e. The van der Waals surface area contributed by atoms with Gasteiger partial charge in [0.15, 0.2) is 0 Å². The maximum absolute atomic E-state index is 13.3. The van der Waals surface area contributed by atoms with Crippen LogP contribution in [0.2, 0.25) is 0 Å². The molecule has 1 atom stereocenters. The molecule has 1 fully saturated rings. The first-order valence-corrected chi connectivity index (χ1v) is 9.91. The number of hydrogen-bond acceptors (Lipinski definition) is 5. The van der Waals surface area contributed by atoms with Gasteiger partial charge in [-0.25, -0.2) is 9.69 Å². The van der Waals surface area contributed by atoms with Crippen LogP contribution in [0.3, 0.4) is 0 Å². The molecular weight excluding hydrogens is 356 g/mol. The van der Waals surface area contributed by atoms with Gasteiger partial charge < -0.3 is 9.57 Å². The van der Waals surface area contributed by atoms with Gasteiger partial charge in [0, 0.05) is 12.0 Å². The Bertz CT molecular complexity index is 810. The number of rotatable bonds is 4. The fraction of sp³-hybridized carbons (Fsp3) is 0.591. The van der Waals surface area contributed by atoms with E-state index in [0.717, 1.165) is 22.4 Å². The van der Waals surface area contributed by atoms with Crippen molar-refractivity contribution in [1.82, 2.24) is 4.90 Å². The second-order valence-corrected chi connectivity index (χ2v) is 8.64. The number of benzene rings is 1. The second-order valence-electron chi connectivity index (χ2n) is 8.64. The zero-order valence-electron chi connectivity index (χ0n) is 17.8. The van der Waals surface area contributed by atoms with Crippen molar-refractivity contribution in [3.05, 3.63) is 34.4 Å². The second kappa shape index (κ2) is 7.22. The number of carbonyl (C=O) groups excluding carboxylic acids is 2. The van der Waals surface area contributed by atoms with Crippen LogP contribution in [-0.2, 0) is 14.4 Å². The number of amides is 2. The van der Waals surface area contributed by atoms with E-state index in [1.165, 1.54) is 10.5 Å². The summed E-state index contributed by atoms with van der Waals surface area (Å²) in [4.78, 5) is 32.6. The molecule has 6 nitrogen and oxygen atoms in total. The Morgan fingerprint density at radius 2 is 1.71 bits per heavy atom. The van der Waals surface area contributed by atoms with E-state index in [1.54, 1.807) is 0 Å². The van der Waals surface area contributed by atoms with Gasteiger partial charge >= 0.3 is 6.09 Å². The molecule has 0 bridgehead atoms. The van der Waals surface area contributed by atoms with Crippen LogP contribution in [0.4, 0.5) is 4.79 Å². The smallest absolute Gasteiger partial charge is 0.417 e. The molecule has 2 heterocycles. The Morgan fingerprint density at radius 3 is 2.25 bits per heavy atom. The summed E-state index contributed by atoms with van der Waals surface area (Å²) in [7, 11) is 0. The Hall–Kier alpha value is -2.37. The van der Waals surface area contributed by atoms with Gasteiger partial charge in [-0.2, -0.15) is 0 Å². The minimum atomic E-state index is -0.808. The monoisotopic (exact) mass is 386 g/mol. The van der Waals surface area contributed by atoms with E-state index in [1.807, 2.05) is 41.5 Å². The summed E-state index contributed by atoms with van der Waals surface area (Å²) < 4.78 is 5.32. The largest absolute Gasteiger partial charge is 0.447 e. The van der Waals surface area contributed by atoms with Crippen LogP contribution < -0.4 is 0 Å². The van der Waals surface area contributed by atoms with Crippen molar-refractivity contribution in [2.24, 2.45) is 17.0 Å². The third-order valence-electron chi connectivity index (χ3n) is 6.16. The van der Waals surface area contributed by atoms with E-state index in [4.69, 9.17) is 9.57 Å². The van der Waals surface area contributed by atoms with Gasteiger partial charge in [-0.05, 0) is 43.7 Å². The zero-order chi connectivity index (χ0) is 20.8. The summed E-state index contributed by atoms with van der Waals surface area (Å²) in [6.45, 7) is 14.4. The summed E-state index contributed by atoms with van der Waals surface area (Å²) in [6.07, 6.45) is -1.05. The van der Waals surface area contributed by atoms with Crippen molar-refractivity contribution in [3.63, 3.8) is 0 Å². The molecule has 28 heavy (non-hydrogen) atoms. The van der Waals surface area contributed by atoms with Crippen molar-refractivity contribution in [3.8, 4) is 0 Å². The molecule has 2 aliphatic rings. The van der Waals surface area contributed by atoms with Crippen LogP contribution in [0.25, 0.3) is 0 Å². The highest BCUT2D eigenvalue weighted by Crippen LogP contribution is 2.39. The maximum Gasteiger partial charge on any atom is 0.417 e. The van der Waals surface area contributed by atoms with Crippen molar-refractivity contribution in [2.45, 2.75) is 66.5 Å². The first-order chi connectivity index (χ1) is 13.1. The summed E-state index contributed by atoms with van der Waals surface area (Å²) in [5, 5.41) is 4.21. The van der Waals surface area contributed by atoms with E-state index in [2.05, 4.69) is 24.2 Å². The van der Waals surface area contributed by atoms with Gasteiger partial charge in [-0.15, -0.1) is 0 Å². The molecule has 1 saturated heterocycles. The molecule has 0 saturated carbocycles. The highest BCUT2D eigenvalue weighted by Gasteiger charge is 2.56. The van der Waals surface area contributed by atoms with Gasteiger partial charge in [-0.1, -0.05) is 50.5 Å². The van der Waals surface area contributed by atoms with Crippen molar-refractivity contribution in [1.29, 1.82) is 0 Å². The van der Waals surface area contributed by atoms with Gasteiger partial charge in [0.05, 0.1) is 11.3 Å². The number of ether oxygens (including phenoxy) is 1. The molecule has 0 aliphatic carbocycles. The lowest BCUT2D eigenvalue weighted by Crippen LogP contribution is -2.59. The van der Waals surface area contributed by atoms with Gasteiger partial charge in [-0.3, -0.25) is 4.79 Å². The predicted octanol–water partition coefficient (Wildman–Crippen LogP) is 4.13. The Kier molecular flexibility index (Phi) is 5.26. The minimum absolute atomic E-state index is 0.0614. The number of imide groups is 1. The summed E-state index contributed by atoms with van der Waals surface area (Å²) in [6, 6.07) is 4.20. The van der Waals surface area contributed by atoms with E-state index < -0.39 is 17.7 Å². The topological polar surface area (TPSA) is 68.2 Å². The molecule has 0 radical (unpaired) electrons. The fourth-order valence-corrected chi connectivity index (χ4v) is 4.72. The van der Waals surface area contributed by atoms with Crippen molar-refractivity contribution < 1.29 is 19.2 Å². The normalized spacial score (nSPS) is 21.2. The van der Waals surface area contributed by atoms with Gasteiger partial charge in [0.1, 0.15) is 6.61 Å². The Labute approximate surface area is 166 Å². The lowest BCUT2D eigenvalue weighted by atomic mass is 9.76. The van der Waals surface area contributed by atoms with E-state index >= 15 is 0 Å². The van der Waals surface area contributed by atoms with Crippen LogP contribution in [0.1, 0.15) is 56.4 Å². The first-order valence-electron chi connectivity index (χ1n) is 9.91. The molecule has 1 aromatic rings. The third-order valence-corrected chi connectivity index (χ3v) is 6.16. The number of hydrogen-bond donors (Lipinski definition) is 0. The van der Waals surface area contributed by atoms with Crippen LogP contribution in [-0.4, -0.2) is 40.9 Å². The zero-order valence-corrected chi connectivity index (χ0v) is 17.8. The molecule has 2 amide bonds. The summed E-state index contributed by atoms with van der Waals surface area (Å²) in [5.41, 5.74) is 4.49. The van der Waals surface area contributed by atoms with E-state index in [9.17, 15) is 9.59 Å². The number of oxime groups is 1. The van der Waals surface area contributed by atoms with Crippen LogP contribution in [0, 0.1) is 32.6 Å². The molecule has 2 aliphatic heterocycles. The molecule has 1 aromatic carbocycles. The SMILES string of the molecule is Cc1cc(C)c(C2=NOC(C(=O)N3C(=O)OCC3(C(C)C)C(C)C)C2)c(C)c1. The van der Waals surface area contributed by atoms with Crippen LogP contribution >= 0.6 is 0 Å².